The molecule has 4 heterocycles. The quantitative estimate of drug-likeness (QED) is 0.498. The summed E-state index contributed by atoms with van der Waals surface area (Å²) in [6.07, 6.45) is 7.66. The summed E-state index contributed by atoms with van der Waals surface area (Å²) < 4.78 is 3.22. The van der Waals surface area contributed by atoms with Gasteiger partial charge in [0.25, 0.3) is 0 Å². The Kier molecular flexibility index (Phi) is 4.79. The van der Waals surface area contributed by atoms with Crippen molar-refractivity contribution in [1.82, 2.24) is 19.1 Å². The zero-order valence-corrected chi connectivity index (χ0v) is 18.8. The van der Waals surface area contributed by atoms with Crippen LogP contribution in [0.1, 0.15) is 30.5 Å². The number of aromatic amines is 1. The third-order valence-corrected chi connectivity index (χ3v) is 6.13. The third-order valence-electron chi connectivity index (χ3n) is 6.13. The molecule has 0 fully saturated rings. The van der Waals surface area contributed by atoms with Crippen LogP contribution in [0, 0.1) is 11.3 Å². The van der Waals surface area contributed by atoms with E-state index in [1.165, 1.54) is 0 Å². The Labute approximate surface area is 191 Å². The Hall–Kier alpha value is -4.31. The van der Waals surface area contributed by atoms with Crippen LogP contribution in [0.2, 0.25) is 0 Å². The highest BCUT2D eigenvalue weighted by Gasteiger charge is 2.21. The zero-order chi connectivity index (χ0) is 23.2. The molecule has 5 rings (SSSR count). The number of nitriles is 1. The molecule has 164 valence electrons. The van der Waals surface area contributed by atoms with Gasteiger partial charge in [-0.25, -0.2) is 4.79 Å². The number of aryl methyl sites for hydroxylation is 1. The van der Waals surface area contributed by atoms with Crippen molar-refractivity contribution >= 4 is 17.5 Å². The minimum absolute atomic E-state index is 0.153. The van der Waals surface area contributed by atoms with Gasteiger partial charge in [-0.2, -0.15) is 5.26 Å². The number of nitrogens with zero attached hydrogens (tertiary/aromatic N) is 4. The van der Waals surface area contributed by atoms with Crippen molar-refractivity contribution in [2.24, 2.45) is 7.05 Å². The molecule has 0 radical (unpaired) electrons. The molecule has 0 aliphatic carbocycles. The van der Waals surface area contributed by atoms with Crippen LogP contribution in [0.3, 0.4) is 0 Å². The van der Waals surface area contributed by atoms with E-state index in [1.807, 2.05) is 62.5 Å². The lowest BCUT2D eigenvalue weighted by molar-refractivity contribution is 0.686. The molecule has 0 unspecified atom stereocenters. The molecule has 33 heavy (non-hydrogen) atoms. The zero-order valence-electron chi connectivity index (χ0n) is 18.8. The van der Waals surface area contributed by atoms with Crippen molar-refractivity contribution in [2.75, 3.05) is 11.9 Å². The summed E-state index contributed by atoms with van der Waals surface area (Å²) >= 11 is 0. The number of rotatable bonds is 4. The third kappa shape index (κ3) is 3.56. The molecule has 0 spiro atoms. The summed E-state index contributed by atoms with van der Waals surface area (Å²) in [6.45, 7) is 4.46. The first kappa shape index (κ1) is 20.6. The molecule has 2 N–H and O–H groups in total. The standard InChI is InChI=1S/C26H24N6O/c1-26(2,16-27)20-4-6-21(7-5-20)32-23(15-31(3)25(32)33)22-13-17(8-10-28-22)19-12-18-9-11-29-24(18)30-14-19/h4-13,15,29-30H,14H2,1-3H3. The second-order valence-corrected chi connectivity index (χ2v) is 8.79. The first-order valence-corrected chi connectivity index (χ1v) is 10.8. The number of pyridine rings is 1. The number of H-pyrrole nitrogens is 1. The lowest BCUT2D eigenvalue weighted by Crippen LogP contribution is -2.21. The summed E-state index contributed by atoms with van der Waals surface area (Å²) in [5, 5.41) is 12.8. The van der Waals surface area contributed by atoms with Gasteiger partial charge in [0.2, 0.25) is 0 Å². The molecule has 1 aromatic carbocycles. The smallest absolute Gasteiger partial charge is 0.333 e. The molecule has 0 bridgehead atoms. The van der Waals surface area contributed by atoms with Crippen LogP contribution in [0.25, 0.3) is 28.7 Å². The number of hydrogen-bond donors (Lipinski definition) is 2. The highest BCUT2D eigenvalue weighted by Crippen LogP contribution is 2.30. The molecule has 7 heteroatoms. The summed E-state index contributed by atoms with van der Waals surface area (Å²) in [5.41, 5.74) is 5.63. The minimum Gasteiger partial charge on any atom is -0.367 e. The Balaban J connectivity index is 1.57. The van der Waals surface area contributed by atoms with Gasteiger partial charge in [0, 0.05) is 37.7 Å². The Morgan fingerprint density at radius 2 is 1.94 bits per heavy atom. The van der Waals surface area contributed by atoms with E-state index < -0.39 is 5.41 Å². The molecule has 0 amide bonds. The Morgan fingerprint density at radius 3 is 2.70 bits per heavy atom. The normalized spacial score (nSPS) is 13.1. The van der Waals surface area contributed by atoms with Crippen LogP contribution in [0.5, 0.6) is 0 Å². The molecule has 3 aromatic heterocycles. The van der Waals surface area contributed by atoms with Gasteiger partial charge in [0.1, 0.15) is 5.82 Å². The highest BCUT2D eigenvalue weighted by molar-refractivity contribution is 5.90. The van der Waals surface area contributed by atoms with E-state index in [0.29, 0.717) is 17.9 Å². The lowest BCUT2D eigenvalue weighted by atomic mass is 9.86. The van der Waals surface area contributed by atoms with Crippen LogP contribution < -0.4 is 11.0 Å². The van der Waals surface area contributed by atoms with Gasteiger partial charge >= 0.3 is 5.69 Å². The average molecular weight is 437 g/mol. The maximum absolute atomic E-state index is 13.0. The molecule has 0 saturated heterocycles. The van der Waals surface area contributed by atoms with Gasteiger partial charge in [-0.3, -0.25) is 9.55 Å². The number of nitrogens with one attached hydrogen (secondary N) is 2. The predicted octanol–water partition coefficient (Wildman–Crippen LogP) is 4.33. The van der Waals surface area contributed by atoms with E-state index in [2.05, 4.69) is 27.4 Å². The molecule has 7 nitrogen and oxygen atoms in total. The number of aromatic nitrogens is 4. The number of hydrogen-bond acceptors (Lipinski definition) is 4. The fourth-order valence-electron chi connectivity index (χ4n) is 4.11. The van der Waals surface area contributed by atoms with Gasteiger partial charge in [-0.1, -0.05) is 12.1 Å². The SMILES string of the molecule is Cn1cc(-c2cc(C3=Cc4cc[nH]c4NC3)ccn2)n(-c2ccc(C(C)(C)C#N)cc2)c1=O. The first-order chi connectivity index (χ1) is 15.9. The van der Waals surface area contributed by atoms with Crippen molar-refractivity contribution in [3.8, 4) is 23.1 Å². The molecular weight excluding hydrogens is 412 g/mol. The Morgan fingerprint density at radius 1 is 1.15 bits per heavy atom. The van der Waals surface area contributed by atoms with Gasteiger partial charge in [0.15, 0.2) is 0 Å². The predicted molar refractivity (Wildman–Crippen MR) is 130 cm³/mol. The topological polar surface area (TPSA) is 91.4 Å². The number of benzene rings is 1. The van der Waals surface area contributed by atoms with Crippen LogP contribution in [0.15, 0.2) is 65.8 Å². The first-order valence-electron chi connectivity index (χ1n) is 10.8. The molecule has 1 aliphatic rings. The lowest BCUT2D eigenvalue weighted by Gasteiger charge is -2.17. The van der Waals surface area contributed by atoms with Gasteiger partial charge < -0.3 is 14.9 Å². The largest absolute Gasteiger partial charge is 0.367 e. The maximum Gasteiger partial charge on any atom is 0.333 e. The molecule has 0 saturated carbocycles. The Bertz CT molecular complexity index is 1470. The van der Waals surface area contributed by atoms with Crippen LogP contribution >= 0.6 is 0 Å². The maximum atomic E-state index is 13.0. The van der Waals surface area contributed by atoms with Crippen molar-refractivity contribution in [3.63, 3.8) is 0 Å². The number of anilines is 1. The molecule has 4 aromatic rings. The minimum atomic E-state index is -0.597. The van der Waals surface area contributed by atoms with E-state index in [1.54, 1.807) is 28.6 Å². The van der Waals surface area contributed by atoms with Crippen LogP contribution in [-0.4, -0.2) is 25.6 Å². The summed E-state index contributed by atoms with van der Waals surface area (Å²) in [5.74, 6) is 1.02. The molecular formula is C26H24N6O. The molecule has 0 atom stereocenters. The van der Waals surface area contributed by atoms with Crippen molar-refractivity contribution < 1.29 is 0 Å². The monoisotopic (exact) mass is 436 g/mol. The fraction of sp³-hybridized carbons (Fsp3) is 0.192. The highest BCUT2D eigenvalue weighted by atomic mass is 16.1. The van der Waals surface area contributed by atoms with Gasteiger partial charge in [0.05, 0.1) is 28.6 Å². The van der Waals surface area contributed by atoms with E-state index in [4.69, 9.17) is 0 Å². The average Bonchev–Trinajstić information content (AvgIpc) is 3.43. The number of imidazole rings is 1. The van der Waals surface area contributed by atoms with E-state index in [9.17, 15) is 10.1 Å². The van der Waals surface area contributed by atoms with E-state index in [-0.39, 0.29) is 5.69 Å². The summed E-state index contributed by atoms with van der Waals surface area (Å²) in [6, 6.07) is 15.9. The van der Waals surface area contributed by atoms with Gasteiger partial charge in [-0.05, 0) is 67.0 Å². The number of fused-ring (bicyclic) bond motifs is 1. The second kappa shape index (κ2) is 7.68. The van der Waals surface area contributed by atoms with E-state index in [0.717, 1.165) is 33.8 Å². The summed E-state index contributed by atoms with van der Waals surface area (Å²) in [7, 11) is 1.74. The van der Waals surface area contributed by atoms with Crippen molar-refractivity contribution in [2.45, 2.75) is 19.3 Å². The fourth-order valence-corrected chi connectivity index (χ4v) is 4.11. The van der Waals surface area contributed by atoms with Crippen molar-refractivity contribution in [1.29, 1.82) is 5.26 Å². The van der Waals surface area contributed by atoms with Crippen LogP contribution in [-0.2, 0) is 12.5 Å². The van der Waals surface area contributed by atoms with E-state index >= 15 is 0 Å². The second-order valence-electron chi connectivity index (χ2n) is 8.79. The van der Waals surface area contributed by atoms with Crippen LogP contribution in [0.4, 0.5) is 5.82 Å². The van der Waals surface area contributed by atoms with Gasteiger partial charge in [-0.15, -0.1) is 0 Å². The summed E-state index contributed by atoms with van der Waals surface area (Å²) in [4.78, 5) is 20.8. The van der Waals surface area contributed by atoms with Crippen molar-refractivity contribution in [3.05, 3.63) is 88.2 Å². The molecule has 1 aliphatic heterocycles.